The maximum atomic E-state index is 11.8. The van der Waals surface area contributed by atoms with Crippen molar-refractivity contribution in [2.45, 2.75) is 13.8 Å². The molecule has 0 radical (unpaired) electrons. The zero-order valence-corrected chi connectivity index (χ0v) is 9.98. The molecule has 0 amide bonds. The molecule has 4 nitrogen and oxygen atoms in total. The summed E-state index contributed by atoms with van der Waals surface area (Å²) in [7, 11) is 1.41. The lowest BCUT2D eigenvalue weighted by Crippen LogP contribution is -2.06. The van der Waals surface area contributed by atoms with Gasteiger partial charge in [0.25, 0.3) is 0 Å². The Morgan fingerprint density at radius 2 is 2.00 bits per heavy atom. The Labute approximate surface area is 99.5 Å². The molecule has 0 aliphatic carbocycles. The van der Waals surface area contributed by atoms with Crippen molar-refractivity contribution in [3.8, 4) is 5.75 Å². The number of ether oxygens (including phenoxy) is 1. The Morgan fingerprint density at radius 3 is 2.47 bits per heavy atom. The maximum Gasteiger partial charge on any atom is 0.335 e. The third-order valence-corrected chi connectivity index (χ3v) is 2.33. The number of benzene rings is 1. The predicted octanol–water partition coefficient (Wildman–Crippen LogP) is 2.46. The summed E-state index contributed by atoms with van der Waals surface area (Å²) in [5, 5.41) is 8.91. The highest BCUT2D eigenvalue weighted by Crippen LogP contribution is 2.25. The van der Waals surface area contributed by atoms with Gasteiger partial charge in [-0.2, -0.15) is 0 Å². The van der Waals surface area contributed by atoms with Crippen LogP contribution in [-0.4, -0.2) is 24.0 Å². The zero-order chi connectivity index (χ0) is 13.0. The molecule has 0 saturated heterocycles. The first-order chi connectivity index (χ1) is 8.01. The number of ketones is 1. The Morgan fingerprint density at radius 1 is 1.35 bits per heavy atom. The van der Waals surface area contributed by atoms with E-state index in [1.165, 1.54) is 25.3 Å². The third kappa shape index (κ3) is 2.72. The number of rotatable bonds is 4. The molecular weight excluding hydrogens is 220 g/mol. The van der Waals surface area contributed by atoms with E-state index in [4.69, 9.17) is 9.84 Å². The molecule has 0 fully saturated rings. The van der Waals surface area contributed by atoms with Gasteiger partial charge in [-0.1, -0.05) is 6.08 Å². The van der Waals surface area contributed by atoms with E-state index in [0.29, 0.717) is 11.1 Å². The van der Waals surface area contributed by atoms with Gasteiger partial charge in [-0.25, -0.2) is 4.79 Å². The van der Waals surface area contributed by atoms with Crippen molar-refractivity contribution in [2.75, 3.05) is 7.11 Å². The Kier molecular flexibility index (Phi) is 4.04. The summed E-state index contributed by atoms with van der Waals surface area (Å²) < 4.78 is 5.07. The first-order valence-electron chi connectivity index (χ1n) is 5.10. The Balaban J connectivity index is 3.40. The van der Waals surface area contributed by atoms with Crippen LogP contribution in [0.1, 0.15) is 33.2 Å². The normalized spacial score (nSPS) is 10.5. The molecule has 0 aliphatic rings. The quantitative estimate of drug-likeness (QED) is 0.642. The number of hydrogen-bond donors (Lipinski definition) is 1. The van der Waals surface area contributed by atoms with Gasteiger partial charge in [-0.05, 0) is 37.6 Å². The van der Waals surface area contributed by atoms with Gasteiger partial charge in [0.15, 0.2) is 5.78 Å². The van der Waals surface area contributed by atoms with Crippen LogP contribution >= 0.6 is 0 Å². The topological polar surface area (TPSA) is 63.6 Å². The molecular formula is C13H14O4. The van der Waals surface area contributed by atoms with E-state index in [1.54, 1.807) is 19.9 Å². The maximum absolute atomic E-state index is 11.8. The fourth-order valence-electron chi connectivity index (χ4n) is 1.59. The first-order valence-corrected chi connectivity index (χ1v) is 5.10. The summed E-state index contributed by atoms with van der Waals surface area (Å²) in [5.74, 6) is -0.958. The molecule has 0 aliphatic heterocycles. The van der Waals surface area contributed by atoms with E-state index in [0.717, 1.165) is 0 Å². The minimum Gasteiger partial charge on any atom is -0.496 e. The summed E-state index contributed by atoms with van der Waals surface area (Å²) >= 11 is 0. The van der Waals surface area contributed by atoms with E-state index in [-0.39, 0.29) is 17.1 Å². The average Bonchev–Trinajstić information content (AvgIpc) is 2.27. The van der Waals surface area contributed by atoms with E-state index in [1.807, 2.05) is 0 Å². The summed E-state index contributed by atoms with van der Waals surface area (Å²) in [4.78, 5) is 22.7. The standard InChI is InChI=1S/C13H14O4/c1-4-5-10(14)12-8(2)6-9(13(15)16)7-11(12)17-3/h4-7H,1-3H3,(H,15,16). The van der Waals surface area contributed by atoms with E-state index in [2.05, 4.69) is 0 Å². The van der Waals surface area contributed by atoms with Gasteiger partial charge in [0.05, 0.1) is 18.2 Å². The number of aryl methyl sites for hydroxylation is 1. The highest BCUT2D eigenvalue weighted by molar-refractivity contribution is 6.08. The molecule has 0 atom stereocenters. The van der Waals surface area contributed by atoms with Crippen LogP contribution in [-0.2, 0) is 0 Å². The molecule has 0 bridgehead atoms. The van der Waals surface area contributed by atoms with Crippen molar-refractivity contribution < 1.29 is 19.4 Å². The molecule has 1 aromatic rings. The first kappa shape index (κ1) is 13.0. The molecule has 0 saturated carbocycles. The number of allylic oxidation sites excluding steroid dienone is 2. The van der Waals surface area contributed by atoms with E-state index in [9.17, 15) is 9.59 Å². The lowest BCUT2D eigenvalue weighted by Gasteiger charge is -2.10. The van der Waals surface area contributed by atoms with Crippen LogP contribution < -0.4 is 4.74 Å². The van der Waals surface area contributed by atoms with Crippen molar-refractivity contribution >= 4 is 11.8 Å². The average molecular weight is 234 g/mol. The molecule has 0 spiro atoms. The van der Waals surface area contributed by atoms with Crippen molar-refractivity contribution in [3.63, 3.8) is 0 Å². The number of carboxylic acids is 1. The SMILES string of the molecule is CC=CC(=O)c1c(C)cc(C(=O)O)cc1OC. The van der Waals surface area contributed by atoms with Crippen LogP contribution in [0.5, 0.6) is 5.75 Å². The largest absolute Gasteiger partial charge is 0.496 e. The van der Waals surface area contributed by atoms with Gasteiger partial charge in [-0.3, -0.25) is 4.79 Å². The van der Waals surface area contributed by atoms with Crippen LogP contribution in [0.2, 0.25) is 0 Å². The molecule has 1 rings (SSSR count). The minimum absolute atomic E-state index is 0.108. The highest BCUT2D eigenvalue weighted by atomic mass is 16.5. The summed E-state index contributed by atoms with van der Waals surface area (Å²) in [6.45, 7) is 3.43. The number of carboxylic acid groups (broad SMARTS) is 1. The second-order valence-corrected chi connectivity index (χ2v) is 3.54. The molecule has 90 valence electrons. The van der Waals surface area contributed by atoms with Gasteiger partial charge in [0.2, 0.25) is 0 Å². The molecule has 17 heavy (non-hydrogen) atoms. The number of hydrogen-bond acceptors (Lipinski definition) is 3. The monoisotopic (exact) mass is 234 g/mol. The lowest BCUT2D eigenvalue weighted by atomic mass is 10.00. The molecule has 1 aromatic carbocycles. The predicted molar refractivity (Wildman–Crippen MR) is 63.8 cm³/mol. The van der Waals surface area contributed by atoms with Gasteiger partial charge in [-0.15, -0.1) is 0 Å². The van der Waals surface area contributed by atoms with Crippen molar-refractivity contribution in [1.29, 1.82) is 0 Å². The summed E-state index contributed by atoms with van der Waals surface area (Å²) in [6, 6.07) is 2.81. The van der Waals surface area contributed by atoms with Gasteiger partial charge < -0.3 is 9.84 Å². The minimum atomic E-state index is -1.04. The molecule has 1 N–H and O–H groups in total. The van der Waals surface area contributed by atoms with Gasteiger partial charge in [0, 0.05) is 0 Å². The fraction of sp³-hybridized carbons (Fsp3) is 0.231. The number of carbonyl (C=O) groups is 2. The third-order valence-electron chi connectivity index (χ3n) is 2.33. The van der Waals surface area contributed by atoms with Gasteiger partial charge >= 0.3 is 5.97 Å². The lowest BCUT2D eigenvalue weighted by molar-refractivity contribution is 0.0696. The van der Waals surface area contributed by atoms with Crippen LogP contribution in [0, 0.1) is 6.92 Å². The van der Waals surface area contributed by atoms with Crippen LogP contribution in [0.4, 0.5) is 0 Å². The van der Waals surface area contributed by atoms with Crippen LogP contribution in [0.15, 0.2) is 24.3 Å². The second-order valence-electron chi connectivity index (χ2n) is 3.54. The fourth-order valence-corrected chi connectivity index (χ4v) is 1.59. The van der Waals surface area contributed by atoms with E-state index < -0.39 is 5.97 Å². The molecule has 0 unspecified atom stereocenters. The smallest absolute Gasteiger partial charge is 0.335 e. The van der Waals surface area contributed by atoms with E-state index >= 15 is 0 Å². The second kappa shape index (κ2) is 5.30. The van der Waals surface area contributed by atoms with Crippen molar-refractivity contribution in [2.24, 2.45) is 0 Å². The van der Waals surface area contributed by atoms with Crippen molar-refractivity contribution in [1.82, 2.24) is 0 Å². The zero-order valence-electron chi connectivity index (χ0n) is 9.98. The van der Waals surface area contributed by atoms with Gasteiger partial charge in [0.1, 0.15) is 5.75 Å². The molecule has 4 heteroatoms. The number of aromatic carboxylic acids is 1. The molecule has 0 heterocycles. The number of carbonyl (C=O) groups excluding carboxylic acids is 1. The Hall–Kier alpha value is -2.10. The summed E-state index contributed by atoms with van der Waals surface area (Å²) in [5.41, 5.74) is 1.09. The highest BCUT2D eigenvalue weighted by Gasteiger charge is 2.16. The number of methoxy groups -OCH3 is 1. The summed E-state index contributed by atoms with van der Waals surface area (Å²) in [6.07, 6.45) is 3.05. The van der Waals surface area contributed by atoms with Crippen LogP contribution in [0.25, 0.3) is 0 Å². The van der Waals surface area contributed by atoms with Crippen molar-refractivity contribution in [3.05, 3.63) is 41.0 Å². The molecule has 0 aromatic heterocycles. The van der Waals surface area contributed by atoms with Crippen LogP contribution in [0.3, 0.4) is 0 Å². The Bertz CT molecular complexity index is 486.